The highest BCUT2D eigenvalue weighted by molar-refractivity contribution is 9.10. The molecule has 3 aliphatic rings. The molecule has 0 fully saturated rings. The minimum Gasteiger partial charge on any atom is -0.444 e. The first kappa shape index (κ1) is 16.9. The Hall–Kier alpha value is -2.59. The molecule has 0 radical (unpaired) electrons. The number of anilines is 1. The zero-order chi connectivity index (χ0) is 18.8. The number of hydrogen-bond donors (Lipinski definition) is 2. The maximum absolute atomic E-state index is 13.3. The Labute approximate surface area is 158 Å². The van der Waals surface area contributed by atoms with Crippen molar-refractivity contribution in [3.8, 4) is 6.07 Å². The number of Topliss-reactive ketones (excluding diaryl/α,β-unsaturated/α-hetero) is 1. The molecule has 1 amide bonds. The van der Waals surface area contributed by atoms with Crippen molar-refractivity contribution in [1.82, 2.24) is 0 Å². The van der Waals surface area contributed by atoms with Crippen molar-refractivity contribution < 1.29 is 14.3 Å². The minimum absolute atomic E-state index is 0.0401. The van der Waals surface area contributed by atoms with Crippen LogP contribution in [0.4, 0.5) is 5.69 Å². The van der Waals surface area contributed by atoms with Crippen molar-refractivity contribution in [3.05, 3.63) is 50.5 Å². The van der Waals surface area contributed by atoms with E-state index >= 15 is 0 Å². The van der Waals surface area contributed by atoms with Gasteiger partial charge in [0.1, 0.15) is 22.8 Å². The number of carbonyl (C=O) groups is 2. The van der Waals surface area contributed by atoms with Crippen LogP contribution >= 0.6 is 15.9 Å². The lowest BCUT2D eigenvalue weighted by Gasteiger charge is -2.38. The topological polar surface area (TPSA) is 105 Å². The van der Waals surface area contributed by atoms with Crippen LogP contribution in [0.5, 0.6) is 0 Å². The number of nitrogens with zero attached hydrogens (tertiary/aromatic N) is 1. The number of nitriles is 1. The standard InChI is InChI=1S/C19H16BrN3O3/c1-8-5-12(24)15-13(6-8)26-17(22)10(7-21)19(15)14-11(23-18(19)25)4-3-9(2)16(14)20/h3-4,8H,5-6,22H2,1-2H3,(H,23,25)/t8-,19-/m1/s1. The molecule has 4 rings (SSSR count). The summed E-state index contributed by atoms with van der Waals surface area (Å²) in [5, 5.41) is 12.6. The van der Waals surface area contributed by atoms with Gasteiger partial charge in [-0.15, -0.1) is 0 Å². The number of benzene rings is 1. The molecule has 1 aromatic carbocycles. The van der Waals surface area contributed by atoms with E-state index < -0.39 is 11.3 Å². The van der Waals surface area contributed by atoms with Crippen LogP contribution in [0.25, 0.3) is 0 Å². The summed E-state index contributed by atoms with van der Waals surface area (Å²) in [5.41, 5.74) is 6.69. The van der Waals surface area contributed by atoms with Crippen molar-refractivity contribution >= 4 is 33.3 Å². The number of aryl methyl sites for hydroxylation is 1. The van der Waals surface area contributed by atoms with Gasteiger partial charge in [-0.1, -0.05) is 28.9 Å². The molecule has 1 aliphatic carbocycles. The van der Waals surface area contributed by atoms with Gasteiger partial charge in [0.05, 0.1) is 5.57 Å². The Morgan fingerprint density at radius 2 is 2.12 bits per heavy atom. The molecular formula is C19H16BrN3O3. The highest BCUT2D eigenvalue weighted by Gasteiger charge is 2.61. The van der Waals surface area contributed by atoms with Crippen molar-refractivity contribution in [1.29, 1.82) is 5.26 Å². The third-order valence-corrected chi connectivity index (χ3v) is 6.29. The van der Waals surface area contributed by atoms with Crippen LogP contribution in [0.1, 0.15) is 30.9 Å². The Balaban J connectivity index is 2.15. The van der Waals surface area contributed by atoms with E-state index in [0.29, 0.717) is 34.3 Å². The molecule has 0 aromatic heterocycles. The Morgan fingerprint density at radius 1 is 1.38 bits per heavy atom. The number of hydrogen-bond acceptors (Lipinski definition) is 5. The van der Waals surface area contributed by atoms with Gasteiger partial charge in [0.15, 0.2) is 5.78 Å². The summed E-state index contributed by atoms with van der Waals surface area (Å²) in [4.78, 5) is 26.3. The summed E-state index contributed by atoms with van der Waals surface area (Å²) in [6, 6.07) is 5.67. The molecule has 132 valence electrons. The average molecular weight is 414 g/mol. The molecule has 26 heavy (non-hydrogen) atoms. The number of nitrogens with two attached hydrogens (primary N) is 1. The molecular weight excluding hydrogens is 398 g/mol. The van der Waals surface area contributed by atoms with Crippen molar-refractivity contribution in [2.24, 2.45) is 11.7 Å². The number of nitrogens with one attached hydrogen (secondary N) is 1. The third-order valence-electron chi connectivity index (χ3n) is 5.27. The Kier molecular flexibility index (Phi) is 3.53. The van der Waals surface area contributed by atoms with Gasteiger partial charge in [-0.2, -0.15) is 5.26 Å². The molecule has 1 aromatic rings. The number of ether oxygens (including phenoxy) is 1. The molecule has 1 spiro atoms. The van der Waals surface area contributed by atoms with Crippen LogP contribution < -0.4 is 11.1 Å². The minimum atomic E-state index is -1.57. The lowest BCUT2D eigenvalue weighted by atomic mass is 9.64. The van der Waals surface area contributed by atoms with E-state index in [9.17, 15) is 14.9 Å². The number of ketones is 1. The first-order chi connectivity index (χ1) is 12.3. The van der Waals surface area contributed by atoms with Crippen LogP contribution in [-0.2, 0) is 19.7 Å². The summed E-state index contributed by atoms with van der Waals surface area (Å²) in [6.07, 6.45) is 0.795. The molecule has 0 saturated carbocycles. The molecule has 3 N–H and O–H groups in total. The number of halogens is 1. The largest absolute Gasteiger partial charge is 0.444 e. The molecule has 0 bridgehead atoms. The highest BCUT2D eigenvalue weighted by Crippen LogP contribution is 2.56. The van der Waals surface area contributed by atoms with Gasteiger partial charge < -0.3 is 15.8 Å². The SMILES string of the molecule is Cc1ccc2c(c1Br)[C@]1(C(=O)N2)C(C#N)=C(N)OC2=C1C(=O)C[C@@H](C)C2. The van der Waals surface area contributed by atoms with Gasteiger partial charge in [-0.3, -0.25) is 9.59 Å². The summed E-state index contributed by atoms with van der Waals surface area (Å²) in [6.45, 7) is 3.83. The first-order valence-electron chi connectivity index (χ1n) is 8.28. The molecule has 6 nitrogen and oxygen atoms in total. The monoisotopic (exact) mass is 413 g/mol. The Bertz CT molecular complexity index is 1000. The van der Waals surface area contributed by atoms with Crippen LogP contribution in [0.3, 0.4) is 0 Å². The first-order valence-corrected chi connectivity index (χ1v) is 9.07. The molecule has 2 heterocycles. The number of rotatable bonds is 0. The predicted molar refractivity (Wildman–Crippen MR) is 97.5 cm³/mol. The second-order valence-electron chi connectivity index (χ2n) is 7.01. The van der Waals surface area contributed by atoms with Crippen LogP contribution in [0.15, 0.2) is 39.4 Å². The summed E-state index contributed by atoms with van der Waals surface area (Å²) in [5.74, 6) is -0.279. The van der Waals surface area contributed by atoms with Crippen LogP contribution in [-0.4, -0.2) is 11.7 Å². The quantitative estimate of drug-likeness (QED) is 0.679. The van der Waals surface area contributed by atoms with Crippen molar-refractivity contribution in [3.63, 3.8) is 0 Å². The van der Waals surface area contributed by atoms with Gasteiger partial charge in [0.2, 0.25) is 11.8 Å². The van der Waals surface area contributed by atoms with E-state index in [0.717, 1.165) is 5.56 Å². The van der Waals surface area contributed by atoms with Crippen LogP contribution in [0, 0.1) is 24.2 Å². The fraction of sp³-hybridized carbons (Fsp3) is 0.316. The van der Waals surface area contributed by atoms with E-state index in [1.807, 2.05) is 26.0 Å². The van der Waals surface area contributed by atoms with Gasteiger partial charge in [0, 0.05) is 28.6 Å². The number of fused-ring (bicyclic) bond motifs is 3. The lowest BCUT2D eigenvalue weighted by molar-refractivity contribution is -0.123. The van der Waals surface area contributed by atoms with Gasteiger partial charge in [0.25, 0.3) is 0 Å². The zero-order valence-electron chi connectivity index (χ0n) is 14.3. The maximum atomic E-state index is 13.3. The molecule has 2 aliphatic heterocycles. The second kappa shape index (κ2) is 5.45. The van der Waals surface area contributed by atoms with Gasteiger partial charge >= 0.3 is 0 Å². The molecule has 0 saturated heterocycles. The van der Waals surface area contributed by atoms with E-state index in [1.165, 1.54) is 0 Å². The van der Waals surface area contributed by atoms with E-state index in [2.05, 4.69) is 21.2 Å². The number of carbonyl (C=O) groups excluding carboxylic acids is 2. The normalized spacial score (nSPS) is 27.1. The summed E-state index contributed by atoms with van der Waals surface area (Å²) in [7, 11) is 0. The van der Waals surface area contributed by atoms with E-state index in [1.54, 1.807) is 6.07 Å². The van der Waals surface area contributed by atoms with E-state index in [-0.39, 0.29) is 28.7 Å². The number of amides is 1. The van der Waals surface area contributed by atoms with E-state index in [4.69, 9.17) is 10.5 Å². The second-order valence-corrected chi connectivity index (χ2v) is 7.80. The summed E-state index contributed by atoms with van der Waals surface area (Å²) >= 11 is 3.55. The number of allylic oxidation sites excluding steroid dienone is 1. The molecule has 7 heteroatoms. The van der Waals surface area contributed by atoms with Gasteiger partial charge in [-0.25, -0.2) is 0 Å². The average Bonchev–Trinajstić information content (AvgIpc) is 2.84. The molecule has 2 atom stereocenters. The maximum Gasteiger partial charge on any atom is 0.245 e. The smallest absolute Gasteiger partial charge is 0.245 e. The fourth-order valence-electron chi connectivity index (χ4n) is 4.17. The van der Waals surface area contributed by atoms with Gasteiger partial charge in [-0.05, 0) is 24.5 Å². The fourth-order valence-corrected chi connectivity index (χ4v) is 4.81. The summed E-state index contributed by atoms with van der Waals surface area (Å²) < 4.78 is 6.33. The van der Waals surface area contributed by atoms with Crippen LogP contribution in [0.2, 0.25) is 0 Å². The van der Waals surface area contributed by atoms with Crippen molar-refractivity contribution in [2.75, 3.05) is 5.32 Å². The predicted octanol–water partition coefficient (Wildman–Crippen LogP) is 2.92. The lowest BCUT2D eigenvalue weighted by Crippen LogP contribution is -2.47. The highest BCUT2D eigenvalue weighted by atomic mass is 79.9. The zero-order valence-corrected chi connectivity index (χ0v) is 15.9. The van der Waals surface area contributed by atoms with Crippen molar-refractivity contribution in [2.45, 2.75) is 32.1 Å². The third kappa shape index (κ3) is 1.91. The molecule has 0 unspecified atom stereocenters. The Morgan fingerprint density at radius 3 is 2.81 bits per heavy atom.